The largest absolute Gasteiger partial charge is 0.446 e. The van der Waals surface area contributed by atoms with Crippen LogP contribution in [0.4, 0.5) is 0 Å². The zero-order chi connectivity index (χ0) is 10.8. The van der Waals surface area contributed by atoms with E-state index >= 15 is 0 Å². The Morgan fingerprint density at radius 3 is 3.07 bits per heavy atom. The lowest BCUT2D eigenvalue weighted by molar-refractivity contribution is 0.600. The summed E-state index contributed by atoms with van der Waals surface area (Å²) in [4.78, 5) is 4.27. The van der Waals surface area contributed by atoms with E-state index < -0.39 is 0 Å². The summed E-state index contributed by atoms with van der Waals surface area (Å²) >= 11 is 0. The molecule has 0 fully saturated rings. The minimum absolute atomic E-state index is 0.702. The summed E-state index contributed by atoms with van der Waals surface area (Å²) in [5.74, 6) is 0. The van der Waals surface area contributed by atoms with E-state index in [0.717, 1.165) is 22.1 Å². The van der Waals surface area contributed by atoms with Crippen molar-refractivity contribution in [3.05, 3.63) is 35.9 Å². The molecule has 0 bridgehead atoms. The van der Waals surface area contributed by atoms with Gasteiger partial charge in [0, 0.05) is 18.6 Å². The Labute approximate surface area is 88.8 Å². The molecule has 0 aromatic carbocycles. The average molecular weight is 202 g/mol. The molecule has 0 aliphatic heterocycles. The first kappa shape index (κ1) is 9.77. The molecule has 1 N–H and O–H groups in total. The lowest BCUT2D eigenvalue weighted by atomic mass is 10.1. The van der Waals surface area contributed by atoms with Crippen LogP contribution in [0, 0.1) is 6.92 Å². The molecule has 78 valence electrons. The molecule has 0 saturated heterocycles. The van der Waals surface area contributed by atoms with Gasteiger partial charge < -0.3 is 9.73 Å². The number of rotatable bonds is 2. The van der Waals surface area contributed by atoms with Gasteiger partial charge in [0.05, 0.1) is 6.26 Å². The van der Waals surface area contributed by atoms with E-state index in [4.69, 9.17) is 4.42 Å². The average Bonchev–Trinajstić information content (AvgIpc) is 2.60. The summed E-state index contributed by atoms with van der Waals surface area (Å²) < 4.78 is 5.30. The third kappa shape index (κ3) is 1.73. The highest BCUT2D eigenvalue weighted by Crippen LogP contribution is 2.22. The minimum atomic E-state index is 0.702. The number of pyridine rings is 1. The monoisotopic (exact) mass is 202 g/mol. The maximum atomic E-state index is 5.30. The Balaban J connectivity index is 2.55. The van der Waals surface area contributed by atoms with Crippen LogP contribution >= 0.6 is 0 Å². The van der Waals surface area contributed by atoms with Gasteiger partial charge in [0.25, 0.3) is 0 Å². The number of furan rings is 1. The van der Waals surface area contributed by atoms with Crippen molar-refractivity contribution in [1.82, 2.24) is 10.3 Å². The molecule has 2 rings (SSSR count). The molecule has 0 atom stereocenters. The molecular weight excluding hydrogens is 188 g/mol. The lowest BCUT2D eigenvalue weighted by Gasteiger charge is -2.01. The molecule has 0 saturated carbocycles. The van der Waals surface area contributed by atoms with Crippen molar-refractivity contribution < 1.29 is 4.42 Å². The van der Waals surface area contributed by atoms with Crippen LogP contribution in [-0.4, -0.2) is 12.0 Å². The summed E-state index contributed by atoms with van der Waals surface area (Å²) in [6.07, 6.45) is 5.52. The van der Waals surface area contributed by atoms with Crippen LogP contribution in [0.5, 0.6) is 0 Å². The highest BCUT2D eigenvalue weighted by molar-refractivity contribution is 5.81. The number of fused-ring (bicyclic) bond motifs is 1. The summed E-state index contributed by atoms with van der Waals surface area (Å²) in [6, 6.07) is 2.10. The summed E-state index contributed by atoms with van der Waals surface area (Å²) in [5.41, 5.74) is 4.10. The van der Waals surface area contributed by atoms with Gasteiger partial charge in [-0.3, -0.25) is 0 Å². The summed E-state index contributed by atoms with van der Waals surface area (Å²) in [5, 5.41) is 4.09. The van der Waals surface area contributed by atoms with E-state index in [2.05, 4.69) is 23.3 Å². The predicted octanol–water partition coefficient (Wildman–Crippen LogP) is 2.72. The fourth-order valence-corrected chi connectivity index (χ4v) is 1.55. The lowest BCUT2D eigenvalue weighted by Crippen LogP contribution is -1.94. The number of allylic oxidation sites excluding steroid dienone is 1. The Hall–Kier alpha value is -1.77. The summed E-state index contributed by atoms with van der Waals surface area (Å²) in [7, 11) is 1.89. The van der Waals surface area contributed by atoms with E-state index in [-0.39, 0.29) is 0 Å². The van der Waals surface area contributed by atoms with Crippen molar-refractivity contribution in [3.63, 3.8) is 0 Å². The first-order valence-corrected chi connectivity index (χ1v) is 4.90. The Morgan fingerprint density at radius 1 is 1.53 bits per heavy atom. The van der Waals surface area contributed by atoms with E-state index in [1.54, 1.807) is 6.26 Å². The highest BCUT2D eigenvalue weighted by Gasteiger charge is 2.05. The van der Waals surface area contributed by atoms with E-state index in [0.29, 0.717) is 5.71 Å². The number of nitrogens with zero attached hydrogens (tertiary/aromatic N) is 1. The molecular formula is C12H14N2O. The van der Waals surface area contributed by atoms with Gasteiger partial charge >= 0.3 is 0 Å². The van der Waals surface area contributed by atoms with Crippen LogP contribution < -0.4 is 5.32 Å². The normalized spacial score (nSPS) is 12.1. The molecule has 0 amide bonds. The van der Waals surface area contributed by atoms with Crippen LogP contribution in [0.25, 0.3) is 16.7 Å². The fraction of sp³-hybridized carbons (Fsp3) is 0.250. The third-order valence-corrected chi connectivity index (χ3v) is 2.44. The van der Waals surface area contributed by atoms with E-state index in [9.17, 15) is 0 Å². The van der Waals surface area contributed by atoms with Gasteiger partial charge in [0.15, 0.2) is 0 Å². The zero-order valence-electron chi connectivity index (χ0n) is 9.16. The van der Waals surface area contributed by atoms with Crippen molar-refractivity contribution in [2.24, 2.45) is 0 Å². The molecule has 0 aliphatic carbocycles. The van der Waals surface area contributed by atoms with Gasteiger partial charge in [-0.15, -0.1) is 0 Å². The van der Waals surface area contributed by atoms with Crippen molar-refractivity contribution in [2.75, 3.05) is 7.05 Å². The fourth-order valence-electron chi connectivity index (χ4n) is 1.55. The van der Waals surface area contributed by atoms with Gasteiger partial charge in [-0.25, -0.2) is 4.98 Å². The highest BCUT2D eigenvalue weighted by atomic mass is 16.3. The second-order valence-electron chi connectivity index (χ2n) is 3.61. The van der Waals surface area contributed by atoms with Gasteiger partial charge in [-0.2, -0.15) is 0 Å². The maximum absolute atomic E-state index is 5.30. The quantitative estimate of drug-likeness (QED) is 0.813. The number of aromatic nitrogens is 1. The smallest absolute Gasteiger partial charge is 0.226 e. The molecule has 0 spiro atoms. The maximum Gasteiger partial charge on any atom is 0.226 e. The van der Waals surface area contributed by atoms with Gasteiger partial charge in [0.1, 0.15) is 0 Å². The Kier molecular flexibility index (Phi) is 2.46. The van der Waals surface area contributed by atoms with Crippen molar-refractivity contribution in [3.8, 4) is 0 Å². The number of nitrogens with one attached hydrogen (secondary N) is 1. The van der Waals surface area contributed by atoms with Crippen LogP contribution in [-0.2, 0) is 0 Å². The van der Waals surface area contributed by atoms with Crippen molar-refractivity contribution in [1.29, 1.82) is 0 Å². The topological polar surface area (TPSA) is 38.1 Å². The zero-order valence-corrected chi connectivity index (χ0v) is 9.16. The summed E-state index contributed by atoms with van der Waals surface area (Å²) in [6.45, 7) is 4.07. The molecule has 3 nitrogen and oxygen atoms in total. The molecule has 2 aromatic heterocycles. The van der Waals surface area contributed by atoms with Crippen LogP contribution in [0.1, 0.15) is 18.1 Å². The molecule has 3 heteroatoms. The minimum Gasteiger partial charge on any atom is -0.446 e. The standard InChI is InChI=1S/C12H14N2O/c1-8(5-13-3)10-4-11-9(2)7-15-12(11)14-6-10/h4-7,13H,1-3H3/b8-5+. The molecule has 0 aliphatic rings. The number of aryl methyl sites for hydroxylation is 1. The van der Waals surface area contributed by atoms with Gasteiger partial charge in [-0.05, 0) is 42.8 Å². The second kappa shape index (κ2) is 3.77. The number of hydrogen-bond acceptors (Lipinski definition) is 3. The predicted molar refractivity (Wildman–Crippen MR) is 61.5 cm³/mol. The molecule has 2 heterocycles. The van der Waals surface area contributed by atoms with Crippen molar-refractivity contribution >= 4 is 16.7 Å². The first-order valence-electron chi connectivity index (χ1n) is 4.90. The molecule has 2 aromatic rings. The first-order chi connectivity index (χ1) is 7.22. The van der Waals surface area contributed by atoms with E-state index in [1.807, 2.05) is 26.4 Å². The molecule has 0 radical (unpaired) electrons. The van der Waals surface area contributed by atoms with Gasteiger partial charge in [-0.1, -0.05) is 0 Å². The molecule has 15 heavy (non-hydrogen) atoms. The van der Waals surface area contributed by atoms with Crippen LogP contribution in [0.2, 0.25) is 0 Å². The number of hydrogen-bond donors (Lipinski definition) is 1. The Morgan fingerprint density at radius 2 is 2.33 bits per heavy atom. The molecule has 0 unspecified atom stereocenters. The SMILES string of the molecule is CN/C=C(\C)c1cnc2occ(C)c2c1. The second-order valence-corrected chi connectivity index (χ2v) is 3.61. The van der Waals surface area contributed by atoms with Gasteiger partial charge in [0.2, 0.25) is 5.71 Å². The van der Waals surface area contributed by atoms with Crippen molar-refractivity contribution in [2.45, 2.75) is 13.8 Å². The van der Waals surface area contributed by atoms with Crippen LogP contribution in [0.3, 0.4) is 0 Å². The van der Waals surface area contributed by atoms with Crippen LogP contribution in [0.15, 0.2) is 29.1 Å². The Bertz CT molecular complexity index is 511. The third-order valence-electron chi connectivity index (χ3n) is 2.44. The van der Waals surface area contributed by atoms with E-state index in [1.165, 1.54) is 0 Å².